The van der Waals surface area contributed by atoms with Gasteiger partial charge in [-0.25, -0.2) is 13.4 Å². The smallest absolute Gasteiger partial charge is 0.298 e. The van der Waals surface area contributed by atoms with Gasteiger partial charge < -0.3 is 4.55 Å². The van der Waals surface area contributed by atoms with Crippen LogP contribution in [0.2, 0.25) is 0 Å². The number of hydrogen-bond donors (Lipinski definition) is 0. The average Bonchev–Trinajstić information content (AvgIpc) is 3.45. The number of nitrogens with zero attached hydrogens (tertiary/aromatic N) is 2. The molecule has 0 fully saturated rings. The molecule has 3 aromatic carbocycles. The lowest BCUT2D eigenvalue weighted by Crippen LogP contribution is -2.32. The summed E-state index contributed by atoms with van der Waals surface area (Å²) in [6, 6.07) is 22.7. The van der Waals surface area contributed by atoms with Crippen LogP contribution in [0.5, 0.6) is 0 Å². The van der Waals surface area contributed by atoms with Crippen molar-refractivity contribution in [1.82, 2.24) is 4.98 Å². The number of hydrogen-bond acceptors (Lipinski definition) is 8. The van der Waals surface area contributed by atoms with E-state index in [1.165, 1.54) is 35.7 Å². The fraction of sp³-hybridized carbons (Fsp3) is 0.259. The lowest BCUT2D eigenvalue weighted by atomic mass is 10.2. The summed E-state index contributed by atoms with van der Waals surface area (Å²) in [6.07, 6.45) is 0. The summed E-state index contributed by atoms with van der Waals surface area (Å²) in [6.45, 7) is 9.44. The van der Waals surface area contributed by atoms with Crippen LogP contribution >= 0.6 is 46.2 Å². The third-order valence-electron chi connectivity index (χ3n) is 5.01. The minimum absolute atomic E-state index is 0.178. The van der Waals surface area contributed by atoms with E-state index in [0.717, 1.165) is 29.1 Å². The average molecular weight is 591 g/mol. The second-order valence-electron chi connectivity index (χ2n) is 7.66. The minimum Gasteiger partial charge on any atom is -0.744 e. The van der Waals surface area contributed by atoms with Crippen LogP contribution in [0.1, 0.15) is 26.3 Å². The minimum atomic E-state index is -4.27. The molecule has 0 radical (unpaired) electrons. The van der Waals surface area contributed by atoms with Crippen LogP contribution in [0.3, 0.4) is 0 Å². The highest BCUT2D eigenvalue weighted by Crippen LogP contribution is 2.29. The van der Waals surface area contributed by atoms with Crippen LogP contribution in [0, 0.1) is 6.92 Å². The number of aryl methyl sites for hydroxylation is 2. The van der Waals surface area contributed by atoms with Crippen LogP contribution in [0.4, 0.5) is 0 Å². The predicted molar refractivity (Wildman–Crippen MR) is 159 cm³/mol. The molecule has 5 rings (SSSR count). The van der Waals surface area contributed by atoms with Gasteiger partial charge in [-0.1, -0.05) is 78.9 Å². The fourth-order valence-corrected chi connectivity index (χ4v) is 8.16. The number of para-hydroxylation sites is 2. The Morgan fingerprint density at radius 3 is 2.05 bits per heavy atom. The zero-order valence-corrected chi connectivity index (χ0v) is 25.3. The highest BCUT2D eigenvalue weighted by molar-refractivity contribution is 8.01. The topological polar surface area (TPSA) is 74.0 Å². The van der Waals surface area contributed by atoms with Crippen molar-refractivity contribution in [3.63, 3.8) is 0 Å². The van der Waals surface area contributed by atoms with E-state index in [2.05, 4.69) is 72.8 Å². The quantitative estimate of drug-likeness (QED) is 0.115. The number of benzene rings is 3. The Labute approximate surface area is 235 Å². The fourth-order valence-electron chi connectivity index (χ4n) is 3.29. The van der Waals surface area contributed by atoms with E-state index >= 15 is 0 Å². The Balaban J connectivity index is 0.000000156. The number of fused-ring (bicyclic) bond motifs is 2. The summed E-state index contributed by atoms with van der Waals surface area (Å²) < 4.78 is 38.8. The Morgan fingerprint density at radius 2 is 1.46 bits per heavy atom. The van der Waals surface area contributed by atoms with Crippen molar-refractivity contribution >= 4 is 76.7 Å². The molecule has 5 aromatic rings. The van der Waals surface area contributed by atoms with Crippen molar-refractivity contribution in [2.45, 2.75) is 47.8 Å². The van der Waals surface area contributed by atoms with E-state index < -0.39 is 10.1 Å². The molecule has 0 atom stereocenters. The van der Waals surface area contributed by atoms with Crippen LogP contribution in [-0.4, -0.2) is 29.5 Å². The first-order chi connectivity index (χ1) is 17.8. The highest BCUT2D eigenvalue weighted by atomic mass is 32.2. The molecule has 0 aliphatic rings. The molecule has 2 aromatic heterocycles. The number of thiazole rings is 2. The number of aromatic nitrogens is 2. The Kier molecular flexibility index (Phi) is 11.4. The van der Waals surface area contributed by atoms with Gasteiger partial charge in [-0.15, -0.1) is 11.3 Å². The molecule has 196 valence electrons. The molecular formula is C27H30N2O3S5. The molecule has 0 aliphatic carbocycles. The second-order valence-corrected chi connectivity index (χ2v) is 14.1. The van der Waals surface area contributed by atoms with Gasteiger partial charge in [0.25, 0.3) is 4.34 Å². The maximum atomic E-state index is 10.4. The lowest BCUT2D eigenvalue weighted by molar-refractivity contribution is -0.698. The largest absolute Gasteiger partial charge is 0.744 e. The van der Waals surface area contributed by atoms with Crippen LogP contribution in [0.15, 0.2) is 86.4 Å². The number of thioether (sulfide) groups is 2. The standard InChI is InChI=1S/C11H14NS2.C9H9NS2.C7H8O3S/c1-3-12-9-7-5-6-8-10(9)14-11(12)13-4-2;1-2-11-9-10-7-5-3-4-6-8(7)12-9;1-6-2-4-7(5-3-6)11(8,9)10/h5-8H,3-4H2,1-2H3;3-6H,2H2,1H3;2-5H,1H3,(H,8,9,10)/q+1;;/p-1. The van der Waals surface area contributed by atoms with Crippen molar-refractivity contribution in [3.8, 4) is 0 Å². The summed E-state index contributed by atoms with van der Waals surface area (Å²) in [5, 5.41) is 0. The third-order valence-corrected chi connectivity index (χ3v) is 10.2. The molecular weight excluding hydrogens is 561 g/mol. The summed E-state index contributed by atoms with van der Waals surface area (Å²) in [5.74, 6) is 2.24. The first kappa shape index (κ1) is 29.6. The summed E-state index contributed by atoms with van der Waals surface area (Å²) in [4.78, 5) is 4.31. The first-order valence-corrected chi connectivity index (χ1v) is 16.8. The Morgan fingerprint density at radius 1 is 0.838 bits per heavy atom. The van der Waals surface area contributed by atoms with E-state index in [9.17, 15) is 13.0 Å². The van der Waals surface area contributed by atoms with E-state index in [4.69, 9.17) is 0 Å². The van der Waals surface area contributed by atoms with Gasteiger partial charge in [0.2, 0.25) is 5.52 Å². The first-order valence-electron chi connectivity index (χ1n) is 11.8. The Bertz CT molecular complexity index is 1490. The summed E-state index contributed by atoms with van der Waals surface area (Å²) >= 11 is 7.41. The molecule has 0 N–H and O–H groups in total. The maximum absolute atomic E-state index is 10.4. The third kappa shape index (κ3) is 8.53. The summed E-state index contributed by atoms with van der Waals surface area (Å²) in [5.41, 5.74) is 3.42. The van der Waals surface area contributed by atoms with Crippen molar-refractivity contribution in [2.75, 3.05) is 11.5 Å². The predicted octanol–water partition coefficient (Wildman–Crippen LogP) is 7.63. The van der Waals surface area contributed by atoms with Crippen LogP contribution in [-0.2, 0) is 16.7 Å². The second kappa shape index (κ2) is 14.3. The van der Waals surface area contributed by atoms with Crippen molar-refractivity contribution in [1.29, 1.82) is 0 Å². The van der Waals surface area contributed by atoms with Gasteiger partial charge in [0.05, 0.1) is 15.1 Å². The molecule has 0 saturated heterocycles. The Hall–Kier alpha value is -1.95. The molecule has 0 saturated carbocycles. The van der Waals surface area contributed by atoms with Gasteiger partial charge in [-0.3, -0.25) is 0 Å². The molecule has 5 nitrogen and oxygen atoms in total. The molecule has 10 heteroatoms. The van der Waals surface area contributed by atoms with E-state index in [-0.39, 0.29) is 4.90 Å². The summed E-state index contributed by atoms with van der Waals surface area (Å²) in [7, 11) is -4.27. The van der Waals surface area contributed by atoms with E-state index in [0.29, 0.717) is 0 Å². The SMILES string of the molecule is CCSc1nc2ccccc2s1.CCSc1sc2ccccc2[n+]1CC.Cc1ccc(S(=O)(=O)[O-])cc1. The van der Waals surface area contributed by atoms with Gasteiger partial charge in [0.1, 0.15) is 21.4 Å². The van der Waals surface area contributed by atoms with Gasteiger partial charge in [0.15, 0.2) is 4.34 Å². The van der Waals surface area contributed by atoms with Gasteiger partial charge >= 0.3 is 0 Å². The molecule has 0 aliphatic heterocycles. The molecule has 37 heavy (non-hydrogen) atoms. The van der Waals surface area contributed by atoms with Crippen LogP contribution in [0.25, 0.3) is 20.4 Å². The molecule has 0 spiro atoms. The highest BCUT2D eigenvalue weighted by Gasteiger charge is 2.17. The van der Waals surface area contributed by atoms with E-state index in [1.54, 1.807) is 23.5 Å². The molecule has 2 heterocycles. The monoisotopic (exact) mass is 590 g/mol. The van der Waals surface area contributed by atoms with Gasteiger partial charge in [-0.05, 0) is 61.7 Å². The zero-order valence-electron chi connectivity index (χ0n) is 21.2. The van der Waals surface area contributed by atoms with Gasteiger partial charge in [-0.2, -0.15) is 4.57 Å². The molecule has 0 unspecified atom stereocenters. The zero-order chi connectivity index (χ0) is 26.8. The van der Waals surface area contributed by atoms with Crippen molar-refractivity contribution in [3.05, 3.63) is 78.4 Å². The molecule has 0 amide bonds. The maximum Gasteiger partial charge on any atom is 0.298 e. The van der Waals surface area contributed by atoms with E-state index in [1.807, 2.05) is 47.9 Å². The van der Waals surface area contributed by atoms with Crippen molar-refractivity contribution in [2.24, 2.45) is 0 Å². The van der Waals surface area contributed by atoms with Gasteiger partial charge in [0, 0.05) is 11.8 Å². The normalized spacial score (nSPS) is 11.1. The van der Waals surface area contributed by atoms with Crippen molar-refractivity contribution < 1.29 is 17.5 Å². The van der Waals surface area contributed by atoms with Crippen LogP contribution < -0.4 is 4.57 Å². The molecule has 0 bridgehead atoms. The number of rotatable bonds is 6. The lowest BCUT2D eigenvalue weighted by Gasteiger charge is -2.05.